The zero-order valence-corrected chi connectivity index (χ0v) is 18.4. The van der Waals surface area contributed by atoms with E-state index >= 15 is 0 Å². The number of aromatic amines is 1. The summed E-state index contributed by atoms with van der Waals surface area (Å²) in [5.74, 6) is 0.953. The maximum atomic E-state index is 12.7. The molecule has 0 amide bonds. The number of thiophene rings is 1. The predicted octanol–water partition coefficient (Wildman–Crippen LogP) is 2.77. The molecule has 0 radical (unpaired) electrons. The molecule has 1 aliphatic carbocycles. The third-order valence-electron chi connectivity index (χ3n) is 5.32. The van der Waals surface area contributed by atoms with E-state index in [1.54, 1.807) is 23.7 Å². The van der Waals surface area contributed by atoms with Gasteiger partial charge in [-0.1, -0.05) is 6.92 Å². The number of nitrogens with one attached hydrogen (secondary N) is 1. The van der Waals surface area contributed by atoms with Crippen molar-refractivity contribution in [1.29, 1.82) is 0 Å². The van der Waals surface area contributed by atoms with Gasteiger partial charge >= 0.3 is 5.97 Å². The van der Waals surface area contributed by atoms with E-state index < -0.39 is 6.10 Å². The van der Waals surface area contributed by atoms with Gasteiger partial charge in [-0.05, 0) is 43.4 Å². The number of aromatic nitrogens is 2. The number of carbonyl (C=O) groups is 1. The molecule has 3 aromatic heterocycles. The second-order valence-electron chi connectivity index (χ2n) is 7.89. The molecule has 31 heavy (non-hydrogen) atoms. The van der Waals surface area contributed by atoms with Gasteiger partial charge in [-0.3, -0.25) is 14.5 Å². The van der Waals surface area contributed by atoms with Crippen molar-refractivity contribution in [3.63, 3.8) is 0 Å². The van der Waals surface area contributed by atoms with Gasteiger partial charge in [0, 0.05) is 17.8 Å². The number of nitrogens with zero attached hydrogens (tertiary/aromatic N) is 2. The average molecular weight is 446 g/mol. The molecule has 1 aliphatic rings. The lowest BCUT2D eigenvalue weighted by atomic mass is 10.2. The SMILES string of the molecule is CCCC(=O)OC[C@H](O)CN(Cc1nc2sc3c(c2c(=O)[nH]1)CCC3)Cc1ccco1. The average Bonchev–Trinajstić information content (AvgIpc) is 3.44. The third-order valence-corrected chi connectivity index (χ3v) is 6.50. The highest BCUT2D eigenvalue weighted by atomic mass is 32.1. The Kier molecular flexibility index (Phi) is 6.84. The molecular formula is C22H27N3O5S. The zero-order chi connectivity index (χ0) is 21.8. The lowest BCUT2D eigenvalue weighted by Gasteiger charge is -2.23. The van der Waals surface area contributed by atoms with E-state index in [-0.39, 0.29) is 24.7 Å². The minimum absolute atomic E-state index is 0.0753. The fraction of sp³-hybridized carbons (Fsp3) is 0.500. The Morgan fingerprint density at radius 3 is 3.06 bits per heavy atom. The van der Waals surface area contributed by atoms with Crippen LogP contribution < -0.4 is 5.56 Å². The molecule has 1 atom stereocenters. The second-order valence-corrected chi connectivity index (χ2v) is 8.97. The maximum Gasteiger partial charge on any atom is 0.305 e. The Morgan fingerprint density at radius 1 is 1.42 bits per heavy atom. The van der Waals surface area contributed by atoms with Gasteiger partial charge in [0.15, 0.2) is 0 Å². The molecule has 3 aromatic rings. The number of fused-ring (bicyclic) bond motifs is 3. The van der Waals surface area contributed by atoms with Gasteiger partial charge in [-0.2, -0.15) is 0 Å². The first-order chi connectivity index (χ1) is 15.0. The third kappa shape index (κ3) is 5.23. The quantitative estimate of drug-likeness (QED) is 0.462. The van der Waals surface area contributed by atoms with Gasteiger partial charge < -0.3 is 19.2 Å². The van der Waals surface area contributed by atoms with Crippen molar-refractivity contribution < 1.29 is 19.1 Å². The number of ether oxygens (including phenoxy) is 1. The van der Waals surface area contributed by atoms with E-state index in [0.717, 1.165) is 40.8 Å². The van der Waals surface area contributed by atoms with E-state index in [0.29, 0.717) is 31.8 Å². The predicted molar refractivity (Wildman–Crippen MR) is 117 cm³/mol. The summed E-state index contributed by atoms with van der Waals surface area (Å²) in [6.07, 6.45) is 4.81. The highest BCUT2D eigenvalue weighted by Gasteiger charge is 2.22. The standard InChI is InChI=1S/C22H27N3O5S/c1-2-5-19(27)30-13-14(26)10-25(11-15-6-4-9-29-15)12-18-23-21(28)20-16-7-3-8-17(16)31-22(20)24-18/h4,6,9,14,26H,2-3,5,7-8,10-13H2,1H3,(H,23,24,28)/t14-/m1/s1. The molecule has 0 saturated heterocycles. The number of aryl methyl sites for hydroxylation is 2. The number of esters is 1. The lowest BCUT2D eigenvalue weighted by Crippen LogP contribution is -2.35. The van der Waals surface area contributed by atoms with Gasteiger partial charge in [0.1, 0.15) is 29.1 Å². The summed E-state index contributed by atoms with van der Waals surface area (Å²) in [5.41, 5.74) is 1.04. The van der Waals surface area contributed by atoms with Crippen LogP contribution in [0.2, 0.25) is 0 Å². The van der Waals surface area contributed by atoms with Crippen molar-refractivity contribution in [3.05, 3.63) is 50.8 Å². The molecular weight excluding hydrogens is 418 g/mol. The van der Waals surface area contributed by atoms with Crippen LogP contribution in [0.5, 0.6) is 0 Å². The van der Waals surface area contributed by atoms with Gasteiger partial charge in [-0.15, -0.1) is 11.3 Å². The molecule has 4 rings (SSSR count). The number of H-pyrrole nitrogens is 1. The summed E-state index contributed by atoms with van der Waals surface area (Å²) < 4.78 is 10.6. The van der Waals surface area contributed by atoms with Crippen molar-refractivity contribution in [3.8, 4) is 0 Å². The summed E-state index contributed by atoms with van der Waals surface area (Å²) >= 11 is 1.60. The Hall–Kier alpha value is -2.49. The fourth-order valence-corrected chi connectivity index (χ4v) is 5.24. The first-order valence-corrected chi connectivity index (χ1v) is 11.5. The number of aliphatic hydroxyl groups is 1. The molecule has 0 unspecified atom stereocenters. The van der Waals surface area contributed by atoms with Crippen LogP contribution in [0, 0.1) is 0 Å². The smallest absolute Gasteiger partial charge is 0.305 e. The number of hydrogen-bond acceptors (Lipinski definition) is 8. The van der Waals surface area contributed by atoms with Gasteiger partial charge in [0.2, 0.25) is 0 Å². The van der Waals surface area contributed by atoms with E-state index in [9.17, 15) is 14.7 Å². The van der Waals surface area contributed by atoms with Gasteiger partial charge in [0.25, 0.3) is 5.56 Å². The van der Waals surface area contributed by atoms with Crippen molar-refractivity contribution in [2.75, 3.05) is 13.2 Å². The van der Waals surface area contributed by atoms with E-state index in [4.69, 9.17) is 14.1 Å². The largest absolute Gasteiger partial charge is 0.468 e. The van der Waals surface area contributed by atoms with Crippen molar-refractivity contribution >= 4 is 27.5 Å². The van der Waals surface area contributed by atoms with E-state index in [1.807, 2.05) is 17.9 Å². The molecule has 166 valence electrons. The molecule has 0 fully saturated rings. The molecule has 0 bridgehead atoms. The summed E-state index contributed by atoms with van der Waals surface area (Å²) in [6.45, 7) is 2.82. The molecule has 0 aromatic carbocycles. The Labute approximate surface area is 183 Å². The van der Waals surface area contributed by atoms with Crippen LogP contribution >= 0.6 is 11.3 Å². The molecule has 2 N–H and O–H groups in total. The van der Waals surface area contributed by atoms with Gasteiger partial charge in [-0.25, -0.2) is 4.98 Å². The number of rotatable bonds is 10. The number of carbonyl (C=O) groups excluding carboxylic acids is 1. The Balaban J connectivity index is 1.49. The monoisotopic (exact) mass is 445 g/mol. The molecule has 0 saturated carbocycles. The normalized spacial score (nSPS) is 14.3. The fourth-order valence-electron chi connectivity index (χ4n) is 3.96. The molecule has 0 aliphatic heterocycles. The first kappa shape index (κ1) is 21.7. The van der Waals surface area contributed by atoms with Crippen LogP contribution in [0.4, 0.5) is 0 Å². The Morgan fingerprint density at radius 2 is 2.29 bits per heavy atom. The summed E-state index contributed by atoms with van der Waals surface area (Å²) in [6, 6.07) is 3.65. The van der Waals surface area contributed by atoms with Crippen LogP contribution in [-0.4, -0.2) is 45.2 Å². The summed E-state index contributed by atoms with van der Waals surface area (Å²) in [7, 11) is 0. The van der Waals surface area contributed by atoms with Crippen LogP contribution in [-0.2, 0) is 35.5 Å². The molecule has 0 spiro atoms. The summed E-state index contributed by atoms with van der Waals surface area (Å²) in [4.78, 5) is 35.9. The van der Waals surface area contributed by atoms with Crippen LogP contribution in [0.3, 0.4) is 0 Å². The topological polar surface area (TPSA) is 109 Å². The number of hydrogen-bond donors (Lipinski definition) is 2. The maximum absolute atomic E-state index is 12.7. The minimum Gasteiger partial charge on any atom is -0.468 e. The molecule has 3 heterocycles. The van der Waals surface area contributed by atoms with Crippen LogP contribution in [0.25, 0.3) is 10.2 Å². The van der Waals surface area contributed by atoms with Crippen molar-refractivity contribution in [1.82, 2.24) is 14.9 Å². The lowest BCUT2D eigenvalue weighted by molar-refractivity contribution is -0.147. The van der Waals surface area contributed by atoms with Crippen LogP contribution in [0.15, 0.2) is 27.6 Å². The molecule has 8 nitrogen and oxygen atoms in total. The minimum atomic E-state index is -0.864. The highest BCUT2D eigenvalue weighted by molar-refractivity contribution is 7.18. The second kappa shape index (κ2) is 9.76. The van der Waals surface area contributed by atoms with Crippen molar-refractivity contribution in [2.24, 2.45) is 0 Å². The van der Waals surface area contributed by atoms with Crippen LogP contribution in [0.1, 0.15) is 48.2 Å². The van der Waals surface area contributed by atoms with E-state index in [1.165, 1.54) is 4.88 Å². The number of furan rings is 1. The number of aliphatic hydroxyl groups excluding tert-OH is 1. The van der Waals surface area contributed by atoms with E-state index in [2.05, 4.69) is 4.98 Å². The Bertz CT molecular complexity index is 1090. The summed E-state index contributed by atoms with van der Waals surface area (Å²) in [5, 5.41) is 11.1. The molecule has 9 heteroatoms. The zero-order valence-electron chi connectivity index (χ0n) is 17.6. The first-order valence-electron chi connectivity index (χ1n) is 10.6. The van der Waals surface area contributed by atoms with Crippen molar-refractivity contribution in [2.45, 2.75) is 58.2 Å². The highest BCUT2D eigenvalue weighted by Crippen LogP contribution is 2.34. The van der Waals surface area contributed by atoms with Gasteiger partial charge in [0.05, 0.1) is 24.7 Å².